The van der Waals surface area contributed by atoms with Crippen molar-refractivity contribution < 1.29 is 9.90 Å². The average molecular weight is 512 g/mol. The van der Waals surface area contributed by atoms with Gasteiger partial charge >= 0.3 is 6.09 Å². The summed E-state index contributed by atoms with van der Waals surface area (Å²) in [6.45, 7) is 8.19. The number of aromatic nitrogens is 2. The second-order valence-corrected chi connectivity index (χ2v) is 12.1. The molecule has 1 amide bonds. The van der Waals surface area contributed by atoms with Crippen molar-refractivity contribution in [3.8, 4) is 11.1 Å². The van der Waals surface area contributed by atoms with E-state index in [9.17, 15) is 9.90 Å². The number of hydrogen-bond acceptors (Lipinski definition) is 5. The second-order valence-electron chi connectivity index (χ2n) is 12.1. The van der Waals surface area contributed by atoms with Gasteiger partial charge in [-0.15, -0.1) is 0 Å². The van der Waals surface area contributed by atoms with Crippen LogP contribution >= 0.6 is 0 Å². The summed E-state index contributed by atoms with van der Waals surface area (Å²) in [6, 6.07) is 17.0. The van der Waals surface area contributed by atoms with Crippen molar-refractivity contribution in [1.29, 1.82) is 0 Å². The van der Waals surface area contributed by atoms with Gasteiger partial charge in [0.15, 0.2) is 0 Å². The molecule has 38 heavy (non-hydrogen) atoms. The van der Waals surface area contributed by atoms with Crippen LogP contribution in [0.5, 0.6) is 0 Å². The summed E-state index contributed by atoms with van der Waals surface area (Å²) < 4.78 is 0. The third-order valence-corrected chi connectivity index (χ3v) is 8.80. The lowest BCUT2D eigenvalue weighted by molar-refractivity contribution is 0.0748. The van der Waals surface area contributed by atoms with Crippen LogP contribution < -0.4 is 10.2 Å². The molecule has 1 atom stereocenters. The molecule has 2 aliphatic carbocycles. The van der Waals surface area contributed by atoms with Gasteiger partial charge in [0.25, 0.3) is 0 Å². The van der Waals surface area contributed by atoms with Gasteiger partial charge in [-0.3, -0.25) is 0 Å². The van der Waals surface area contributed by atoms with Crippen molar-refractivity contribution in [2.45, 2.75) is 64.3 Å². The Hall–Kier alpha value is -3.61. The van der Waals surface area contributed by atoms with E-state index in [4.69, 9.17) is 9.97 Å². The van der Waals surface area contributed by atoms with Gasteiger partial charge < -0.3 is 20.2 Å². The van der Waals surface area contributed by atoms with E-state index in [2.05, 4.69) is 79.5 Å². The minimum absolute atomic E-state index is 0.00902. The molecule has 7 nitrogen and oxygen atoms in total. The number of carbonyl (C=O) groups is 1. The summed E-state index contributed by atoms with van der Waals surface area (Å²) in [4.78, 5) is 25.5. The van der Waals surface area contributed by atoms with Crippen LogP contribution in [0.2, 0.25) is 0 Å². The summed E-state index contributed by atoms with van der Waals surface area (Å²) in [5, 5.41) is 13.1. The van der Waals surface area contributed by atoms with Crippen LogP contribution in [-0.2, 0) is 5.41 Å². The molecule has 0 bridgehead atoms. The van der Waals surface area contributed by atoms with Crippen molar-refractivity contribution in [1.82, 2.24) is 14.9 Å². The van der Waals surface area contributed by atoms with Crippen LogP contribution in [0.15, 0.2) is 54.7 Å². The summed E-state index contributed by atoms with van der Waals surface area (Å²) in [5.74, 6) is 0.636. The van der Waals surface area contributed by atoms with E-state index in [0.29, 0.717) is 25.6 Å². The lowest BCUT2D eigenvalue weighted by Crippen LogP contribution is -2.59. The zero-order valence-corrected chi connectivity index (χ0v) is 22.6. The molecule has 2 aromatic carbocycles. The van der Waals surface area contributed by atoms with Crippen molar-refractivity contribution in [2.75, 3.05) is 29.9 Å². The van der Waals surface area contributed by atoms with E-state index < -0.39 is 6.09 Å². The van der Waals surface area contributed by atoms with E-state index in [1.807, 2.05) is 6.20 Å². The molecule has 1 spiro atoms. The first-order chi connectivity index (χ1) is 18.3. The molecule has 1 aromatic heterocycles. The van der Waals surface area contributed by atoms with Crippen molar-refractivity contribution >= 4 is 23.4 Å². The van der Waals surface area contributed by atoms with E-state index in [-0.39, 0.29) is 16.9 Å². The zero-order chi connectivity index (χ0) is 26.5. The SMILES string of the molecule is CC(C)(C)C1CN(c2ccc(Nc3ncc4c(n3)C3(CCCCC3)c3ccccc3-4)cc2)CCN1C(=O)O. The Balaban J connectivity index is 1.22. The highest BCUT2D eigenvalue weighted by Crippen LogP contribution is 2.54. The Labute approximate surface area is 224 Å². The minimum Gasteiger partial charge on any atom is -0.465 e. The molecule has 2 N–H and O–H groups in total. The predicted octanol–water partition coefficient (Wildman–Crippen LogP) is 6.67. The molecular formula is C31H37N5O2. The highest BCUT2D eigenvalue weighted by atomic mass is 16.4. The van der Waals surface area contributed by atoms with Gasteiger partial charge in [-0.05, 0) is 53.6 Å². The molecule has 0 radical (unpaired) electrons. The lowest BCUT2D eigenvalue weighted by atomic mass is 9.69. The van der Waals surface area contributed by atoms with Gasteiger partial charge in [-0.25, -0.2) is 14.8 Å². The number of benzene rings is 2. The van der Waals surface area contributed by atoms with E-state index in [0.717, 1.165) is 24.2 Å². The number of nitrogens with zero attached hydrogens (tertiary/aromatic N) is 4. The first-order valence-corrected chi connectivity index (χ1v) is 13.9. The van der Waals surface area contributed by atoms with Crippen LogP contribution in [-0.4, -0.2) is 51.7 Å². The zero-order valence-electron chi connectivity index (χ0n) is 22.6. The third-order valence-electron chi connectivity index (χ3n) is 8.80. The Morgan fingerprint density at radius 3 is 2.45 bits per heavy atom. The molecule has 7 heteroatoms. The smallest absolute Gasteiger partial charge is 0.407 e. The fourth-order valence-corrected chi connectivity index (χ4v) is 6.80. The molecule has 2 fully saturated rings. The molecule has 6 rings (SSSR count). The molecule has 1 saturated heterocycles. The van der Waals surface area contributed by atoms with E-state index in [1.54, 1.807) is 4.90 Å². The summed E-state index contributed by atoms with van der Waals surface area (Å²) in [7, 11) is 0. The molecular weight excluding hydrogens is 474 g/mol. The van der Waals surface area contributed by atoms with Crippen molar-refractivity contribution in [3.63, 3.8) is 0 Å². The first-order valence-electron chi connectivity index (χ1n) is 13.9. The van der Waals surface area contributed by atoms with Gasteiger partial charge in [0.2, 0.25) is 5.95 Å². The van der Waals surface area contributed by atoms with E-state index in [1.165, 1.54) is 41.6 Å². The first kappa shape index (κ1) is 24.7. The number of amides is 1. The Bertz CT molecular complexity index is 1340. The number of anilines is 3. The number of rotatable bonds is 3. The fraction of sp³-hybridized carbons (Fsp3) is 0.452. The second kappa shape index (κ2) is 9.29. The highest BCUT2D eigenvalue weighted by Gasteiger charge is 2.45. The monoisotopic (exact) mass is 511 g/mol. The number of hydrogen-bond donors (Lipinski definition) is 2. The summed E-state index contributed by atoms with van der Waals surface area (Å²) >= 11 is 0. The Kier molecular flexibility index (Phi) is 6.04. The summed E-state index contributed by atoms with van der Waals surface area (Å²) in [6.07, 6.45) is 7.22. The van der Waals surface area contributed by atoms with Crippen LogP contribution in [0, 0.1) is 5.41 Å². The number of nitrogens with one attached hydrogen (secondary N) is 1. The maximum absolute atomic E-state index is 11.8. The largest absolute Gasteiger partial charge is 0.465 e. The third kappa shape index (κ3) is 4.18. The van der Waals surface area contributed by atoms with Gasteiger partial charge in [0.05, 0.1) is 11.7 Å². The molecule has 1 saturated carbocycles. The maximum atomic E-state index is 11.8. The fourth-order valence-electron chi connectivity index (χ4n) is 6.80. The van der Waals surface area contributed by atoms with Crippen molar-refractivity contribution in [2.24, 2.45) is 5.41 Å². The maximum Gasteiger partial charge on any atom is 0.407 e. The predicted molar refractivity (Wildman–Crippen MR) is 151 cm³/mol. The van der Waals surface area contributed by atoms with E-state index >= 15 is 0 Å². The lowest BCUT2D eigenvalue weighted by Gasteiger charge is -2.46. The quantitative estimate of drug-likeness (QED) is 0.409. The Morgan fingerprint density at radius 2 is 1.74 bits per heavy atom. The highest BCUT2D eigenvalue weighted by molar-refractivity contribution is 5.80. The van der Waals surface area contributed by atoms with Crippen LogP contribution in [0.1, 0.15) is 64.1 Å². The molecule has 1 unspecified atom stereocenters. The van der Waals surface area contributed by atoms with Gasteiger partial charge in [0.1, 0.15) is 0 Å². The Morgan fingerprint density at radius 1 is 1.00 bits per heavy atom. The van der Waals surface area contributed by atoms with Gasteiger partial charge in [0, 0.05) is 48.2 Å². The topological polar surface area (TPSA) is 81.6 Å². The summed E-state index contributed by atoms with van der Waals surface area (Å²) in [5.41, 5.74) is 6.97. The standard InChI is InChI=1S/C31H37N5O2/c1-30(2,3)26-20-35(17-18-36(26)29(37)38)22-13-11-21(12-14-22)33-28-32-19-24-23-9-5-6-10-25(23)31(27(24)34-28)15-7-4-8-16-31/h5-6,9-14,19,26H,4,7-8,15-18,20H2,1-3H3,(H,37,38)(H,32,33,34). The average Bonchev–Trinajstić information content (AvgIpc) is 3.17. The minimum atomic E-state index is -0.837. The van der Waals surface area contributed by atoms with Crippen LogP contribution in [0.25, 0.3) is 11.1 Å². The van der Waals surface area contributed by atoms with Gasteiger partial charge in [-0.2, -0.15) is 0 Å². The molecule has 198 valence electrons. The molecule has 3 aliphatic rings. The van der Waals surface area contributed by atoms with Gasteiger partial charge in [-0.1, -0.05) is 64.3 Å². The molecule has 3 aromatic rings. The van der Waals surface area contributed by atoms with Crippen molar-refractivity contribution in [3.05, 3.63) is 66.0 Å². The normalized spacial score (nSPS) is 20.2. The number of fused-ring (bicyclic) bond motifs is 5. The molecule has 2 heterocycles. The number of piperazine rings is 1. The van der Waals surface area contributed by atoms with Crippen LogP contribution in [0.3, 0.4) is 0 Å². The van der Waals surface area contributed by atoms with Crippen LogP contribution in [0.4, 0.5) is 22.1 Å². The number of carboxylic acid groups (broad SMARTS) is 1. The molecule has 1 aliphatic heterocycles.